The largest absolute Gasteiger partial charge is 0.308 e. The Morgan fingerprint density at radius 3 is 3.00 bits per heavy atom. The van der Waals surface area contributed by atoms with Crippen LogP contribution >= 0.6 is 23.1 Å². The maximum absolute atomic E-state index is 12.8. The average molecular weight is 371 g/mol. The van der Waals surface area contributed by atoms with Crippen LogP contribution in [0.2, 0.25) is 0 Å². The summed E-state index contributed by atoms with van der Waals surface area (Å²) < 4.78 is 1.52. The topological polar surface area (TPSA) is 55.2 Å². The smallest absolute Gasteiger partial charge is 0.262 e. The molecule has 0 aliphatic carbocycles. The lowest BCUT2D eigenvalue weighted by atomic mass is 10.1. The van der Waals surface area contributed by atoms with Crippen LogP contribution in [0.25, 0.3) is 10.2 Å². The molecule has 1 aliphatic rings. The van der Waals surface area contributed by atoms with E-state index in [9.17, 15) is 9.59 Å². The molecule has 0 saturated carbocycles. The highest BCUT2D eigenvalue weighted by Crippen LogP contribution is 2.32. The minimum absolute atomic E-state index is 0.0444. The Morgan fingerprint density at radius 2 is 2.16 bits per heavy atom. The van der Waals surface area contributed by atoms with Crippen molar-refractivity contribution >= 4 is 44.9 Å². The van der Waals surface area contributed by atoms with Crippen molar-refractivity contribution in [3.8, 4) is 0 Å². The van der Waals surface area contributed by atoms with Gasteiger partial charge in [0.15, 0.2) is 5.16 Å². The summed E-state index contributed by atoms with van der Waals surface area (Å²) in [5.41, 5.74) is 2.14. The highest BCUT2D eigenvalue weighted by atomic mass is 32.2. The molecular weight excluding hydrogens is 354 g/mol. The molecule has 0 saturated heterocycles. The van der Waals surface area contributed by atoms with Crippen LogP contribution in [0.3, 0.4) is 0 Å². The van der Waals surface area contributed by atoms with Gasteiger partial charge in [-0.05, 0) is 36.4 Å². The zero-order chi connectivity index (χ0) is 17.6. The normalized spacial score (nSPS) is 16.4. The monoisotopic (exact) mass is 371 g/mol. The summed E-state index contributed by atoms with van der Waals surface area (Å²) in [6.45, 7) is 2.06. The number of fused-ring (bicyclic) bond motifs is 2. The van der Waals surface area contributed by atoms with E-state index in [1.54, 1.807) is 13.1 Å². The van der Waals surface area contributed by atoms with Crippen LogP contribution in [-0.2, 0) is 18.3 Å². The van der Waals surface area contributed by atoms with Crippen LogP contribution in [0.4, 0.5) is 5.69 Å². The van der Waals surface area contributed by atoms with Gasteiger partial charge in [0.05, 0.1) is 11.1 Å². The molecule has 2 aromatic heterocycles. The number of hydrogen-bond acceptors (Lipinski definition) is 5. The van der Waals surface area contributed by atoms with E-state index in [2.05, 4.69) is 18.0 Å². The number of carbonyl (C=O) groups is 1. The number of benzene rings is 1. The summed E-state index contributed by atoms with van der Waals surface area (Å²) in [7, 11) is 1.70. The summed E-state index contributed by atoms with van der Waals surface area (Å²) in [6.07, 6.45) is 0.879. The van der Waals surface area contributed by atoms with Crippen molar-refractivity contribution in [1.82, 2.24) is 9.55 Å². The molecule has 1 atom stereocenters. The van der Waals surface area contributed by atoms with E-state index in [-0.39, 0.29) is 23.3 Å². The number of hydrogen-bond donors (Lipinski definition) is 0. The Morgan fingerprint density at radius 1 is 1.36 bits per heavy atom. The summed E-state index contributed by atoms with van der Waals surface area (Å²) in [5.74, 6) is 0.304. The van der Waals surface area contributed by atoms with Crippen molar-refractivity contribution in [2.45, 2.75) is 24.5 Å². The molecule has 4 rings (SSSR count). The zero-order valence-electron chi connectivity index (χ0n) is 13.9. The molecule has 1 aromatic carbocycles. The van der Waals surface area contributed by atoms with Gasteiger partial charge in [0.2, 0.25) is 5.91 Å². The van der Waals surface area contributed by atoms with Crippen LogP contribution in [-0.4, -0.2) is 27.3 Å². The highest BCUT2D eigenvalue weighted by Gasteiger charge is 2.30. The molecule has 0 unspecified atom stereocenters. The van der Waals surface area contributed by atoms with Gasteiger partial charge in [0, 0.05) is 18.8 Å². The molecule has 0 spiro atoms. The van der Waals surface area contributed by atoms with E-state index < -0.39 is 0 Å². The maximum atomic E-state index is 12.8. The van der Waals surface area contributed by atoms with Gasteiger partial charge in [0.1, 0.15) is 4.83 Å². The third-order valence-electron chi connectivity index (χ3n) is 4.46. The van der Waals surface area contributed by atoms with Crippen molar-refractivity contribution in [1.29, 1.82) is 0 Å². The molecule has 25 heavy (non-hydrogen) atoms. The van der Waals surface area contributed by atoms with Gasteiger partial charge < -0.3 is 4.90 Å². The summed E-state index contributed by atoms with van der Waals surface area (Å²) in [6, 6.07) is 9.97. The van der Waals surface area contributed by atoms with Gasteiger partial charge in [-0.15, -0.1) is 11.3 Å². The predicted octanol–water partition coefficient (Wildman–Crippen LogP) is 3.06. The fourth-order valence-corrected chi connectivity index (χ4v) is 4.89. The number of aromatic nitrogens is 2. The number of amides is 1. The van der Waals surface area contributed by atoms with Crippen molar-refractivity contribution in [2.24, 2.45) is 7.05 Å². The number of anilines is 1. The Bertz CT molecular complexity index is 1020. The Labute approximate surface area is 153 Å². The van der Waals surface area contributed by atoms with Crippen molar-refractivity contribution in [3.63, 3.8) is 0 Å². The third kappa shape index (κ3) is 2.77. The minimum atomic E-state index is -0.0684. The zero-order valence-corrected chi connectivity index (χ0v) is 15.6. The summed E-state index contributed by atoms with van der Waals surface area (Å²) in [4.78, 5) is 32.3. The van der Waals surface area contributed by atoms with Crippen LogP contribution in [0.5, 0.6) is 0 Å². The second-order valence-corrected chi connectivity index (χ2v) is 7.97. The van der Waals surface area contributed by atoms with E-state index in [0.29, 0.717) is 10.5 Å². The van der Waals surface area contributed by atoms with Gasteiger partial charge in [-0.25, -0.2) is 4.98 Å². The molecule has 128 valence electrons. The quantitative estimate of drug-likeness (QED) is 0.524. The van der Waals surface area contributed by atoms with Gasteiger partial charge in [-0.3, -0.25) is 14.2 Å². The number of nitrogens with zero attached hydrogens (tertiary/aromatic N) is 3. The van der Waals surface area contributed by atoms with Gasteiger partial charge in [-0.2, -0.15) is 0 Å². The molecule has 5 nitrogen and oxygen atoms in total. The second-order valence-electron chi connectivity index (χ2n) is 6.13. The minimum Gasteiger partial charge on any atom is -0.308 e. The fourth-order valence-electron chi connectivity index (χ4n) is 3.25. The molecule has 0 N–H and O–H groups in total. The van der Waals surface area contributed by atoms with Gasteiger partial charge in [-0.1, -0.05) is 30.0 Å². The van der Waals surface area contributed by atoms with Crippen molar-refractivity contribution in [2.75, 3.05) is 10.7 Å². The molecule has 3 aromatic rings. The van der Waals surface area contributed by atoms with Gasteiger partial charge in [0.25, 0.3) is 5.56 Å². The van der Waals surface area contributed by atoms with Crippen LogP contribution in [0, 0.1) is 0 Å². The molecule has 1 aliphatic heterocycles. The molecule has 7 heteroatoms. The number of rotatable bonds is 3. The first-order valence-corrected chi connectivity index (χ1v) is 9.90. The van der Waals surface area contributed by atoms with E-state index in [1.807, 2.05) is 28.5 Å². The highest BCUT2D eigenvalue weighted by molar-refractivity contribution is 7.99. The lowest BCUT2D eigenvalue weighted by Crippen LogP contribution is -2.37. The molecular formula is C18H17N3O2S2. The second kappa shape index (κ2) is 6.31. The van der Waals surface area contributed by atoms with E-state index in [1.165, 1.54) is 33.2 Å². The fraction of sp³-hybridized carbons (Fsp3) is 0.278. The first kappa shape index (κ1) is 16.4. The van der Waals surface area contributed by atoms with E-state index >= 15 is 0 Å². The molecule has 0 bridgehead atoms. The van der Waals surface area contributed by atoms with E-state index in [4.69, 9.17) is 0 Å². The van der Waals surface area contributed by atoms with Crippen LogP contribution in [0.1, 0.15) is 12.5 Å². The van der Waals surface area contributed by atoms with E-state index in [0.717, 1.165) is 16.9 Å². The van der Waals surface area contributed by atoms with Crippen molar-refractivity contribution < 1.29 is 4.79 Å². The first-order valence-electron chi connectivity index (χ1n) is 8.03. The van der Waals surface area contributed by atoms with Gasteiger partial charge >= 0.3 is 0 Å². The number of thioether (sulfide) groups is 1. The Balaban J connectivity index is 1.57. The average Bonchev–Trinajstić information content (AvgIpc) is 3.19. The molecule has 3 heterocycles. The standard InChI is InChI=1S/C18H17N3O2S2/c1-11-9-12-5-3-4-6-14(12)21(11)15(22)10-25-18-19-16-13(7-8-24-16)17(23)20(18)2/h3-8,11H,9-10H2,1-2H3/t11-/m0/s1. The Kier molecular flexibility index (Phi) is 4.13. The van der Waals surface area contributed by atoms with Crippen LogP contribution in [0.15, 0.2) is 45.7 Å². The number of carbonyl (C=O) groups excluding carboxylic acids is 1. The Hall–Kier alpha value is -2.12. The number of para-hydroxylation sites is 1. The summed E-state index contributed by atoms with van der Waals surface area (Å²) >= 11 is 2.76. The van der Waals surface area contributed by atoms with Crippen LogP contribution < -0.4 is 10.5 Å². The maximum Gasteiger partial charge on any atom is 0.262 e. The summed E-state index contributed by atoms with van der Waals surface area (Å²) in [5, 5.41) is 3.07. The molecule has 0 radical (unpaired) electrons. The number of thiophene rings is 1. The predicted molar refractivity (Wildman–Crippen MR) is 103 cm³/mol. The SMILES string of the molecule is C[C@H]1Cc2ccccc2N1C(=O)CSc1nc2sccc2c(=O)n1C. The molecule has 0 fully saturated rings. The third-order valence-corrected chi connectivity index (χ3v) is 6.29. The lowest BCUT2D eigenvalue weighted by molar-refractivity contribution is -0.116. The lowest BCUT2D eigenvalue weighted by Gasteiger charge is -2.22. The first-order chi connectivity index (χ1) is 12.1. The molecule has 1 amide bonds. The van der Waals surface area contributed by atoms with Crippen molar-refractivity contribution in [3.05, 3.63) is 51.6 Å².